The van der Waals surface area contributed by atoms with Crippen molar-refractivity contribution in [3.8, 4) is 0 Å². The minimum atomic E-state index is -3.49. The van der Waals surface area contributed by atoms with E-state index in [1.165, 1.54) is 27.1 Å². The molecule has 5 heteroatoms. The normalized spacial score (nSPS) is 24.2. The molecule has 188 valence electrons. The van der Waals surface area contributed by atoms with E-state index in [2.05, 4.69) is 79.0 Å². The van der Waals surface area contributed by atoms with Gasteiger partial charge in [0.1, 0.15) is 0 Å². The lowest BCUT2D eigenvalue weighted by Crippen LogP contribution is -2.38. The van der Waals surface area contributed by atoms with Crippen LogP contribution in [0.4, 0.5) is 5.69 Å². The molecule has 37 heavy (non-hydrogen) atoms. The Labute approximate surface area is 219 Å². The maximum Gasteiger partial charge on any atom is 0.243 e. The molecule has 1 N–H and O–H groups in total. The third kappa shape index (κ3) is 3.71. The second-order valence-corrected chi connectivity index (χ2v) is 13.0. The lowest BCUT2D eigenvalue weighted by molar-refractivity contribution is 0.288. The molecule has 1 aliphatic carbocycles. The molecule has 4 nitrogen and oxygen atoms in total. The van der Waals surface area contributed by atoms with E-state index in [0.29, 0.717) is 29.8 Å². The van der Waals surface area contributed by atoms with Crippen molar-refractivity contribution in [3.63, 3.8) is 0 Å². The van der Waals surface area contributed by atoms with Crippen molar-refractivity contribution in [2.24, 2.45) is 11.8 Å². The van der Waals surface area contributed by atoms with Gasteiger partial charge in [0.15, 0.2) is 0 Å². The van der Waals surface area contributed by atoms with Crippen LogP contribution >= 0.6 is 0 Å². The van der Waals surface area contributed by atoms with Gasteiger partial charge in [0.25, 0.3) is 0 Å². The summed E-state index contributed by atoms with van der Waals surface area (Å²) in [5.41, 5.74) is 3.49. The molecular formula is C32H32N2O2S. The summed E-state index contributed by atoms with van der Waals surface area (Å²) in [4.78, 5) is 0.427. The molecule has 2 heterocycles. The minimum Gasteiger partial charge on any atom is -0.378 e. The van der Waals surface area contributed by atoms with Crippen LogP contribution in [-0.2, 0) is 10.0 Å². The summed E-state index contributed by atoms with van der Waals surface area (Å²) < 4.78 is 28.8. The fraction of sp³-hybridized carbons (Fsp3) is 0.312. The molecule has 3 aliphatic rings. The number of fused-ring (bicyclic) bond motifs is 5. The molecule has 4 aromatic rings. The number of benzene rings is 4. The number of hydrogen-bond donors (Lipinski definition) is 1. The van der Waals surface area contributed by atoms with E-state index in [1.54, 1.807) is 10.4 Å². The Morgan fingerprint density at radius 2 is 1.54 bits per heavy atom. The van der Waals surface area contributed by atoms with Crippen LogP contribution in [0.25, 0.3) is 21.5 Å². The summed E-state index contributed by atoms with van der Waals surface area (Å²) in [6.45, 7) is 3.43. The first-order valence-electron chi connectivity index (χ1n) is 13.5. The van der Waals surface area contributed by atoms with Gasteiger partial charge in [-0.3, -0.25) is 0 Å². The van der Waals surface area contributed by atoms with E-state index in [9.17, 15) is 8.42 Å². The fourth-order valence-electron chi connectivity index (χ4n) is 6.78. The summed E-state index contributed by atoms with van der Waals surface area (Å²) >= 11 is 0. The van der Waals surface area contributed by atoms with Gasteiger partial charge in [-0.25, -0.2) is 8.42 Å². The van der Waals surface area contributed by atoms with Gasteiger partial charge in [0.05, 0.1) is 10.9 Å². The lowest BCUT2D eigenvalue weighted by Gasteiger charge is -2.39. The van der Waals surface area contributed by atoms with Crippen LogP contribution in [0.5, 0.6) is 0 Å². The zero-order chi connectivity index (χ0) is 25.1. The van der Waals surface area contributed by atoms with Gasteiger partial charge in [-0.15, -0.1) is 0 Å². The zero-order valence-corrected chi connectivity index (χ0v) is 21.9. The van der Waals surface area contributed by atoms with E-state index in [0.717, 1.165) is 30.5 Å². The number of nitrogens with zero attached hydrogens (tertiary/aromatic N) is 1. The van der Waals surface area contributed by atoms with Crippen molar-refractivity contribution in [1.82, 2.24) is 4.31 Å². The number of sulfonamides is 1. The van der Waals surface area contributed by atoms with Gasteiger partial charge in [-0.2, -0.15) is 4.31 Å². The predicted octanol–water partition coefficient (Wildman–Crippen LogP) is 7.24. The van der Waals surface area contributed by atoms with E-state index in [-0.39, 0.29) is 12.0 Å². The number of hydrogen-bond acceptors (Lipinski definition) is 3. The van der Waals surface area contributed by atoms with Crippen molar-refractivity contribution in [3.05, 3.63) is 96.1 Å². The SMILES string of the molecule is CC1CCN(S(=O)(=O)c2ccc3c(c2)C2C=CCC2C(c2c4ccccc4cc4ccccc24)N3)CC1. The van der Waals surface area contributed by atoms with Crippen molar-refractivity contribution >= 4 is 37.3 Å². The second kappa shape index (κ2) is 8.71. The summed E-state index contributed by atoms with van der Waals surface area (Å²) in [5, 5.41) is 8.96. The average Bonchev–Trinajstić information content (AvgIpc) is 3.42. The van der Waals surface area contributed by atoms with Gasteiger partial charge in [-0.1, -0.05) is 67.6 Å². The Morgan fingerprint density at radius 3 is 2.24 bits per heavy atom. The van der Waals surface area contributed by atoms with E-state index in [4.69, 9.17) is 0 Å². The van der Waals surface area contributed by atoms with E-state index < -0.39 is 10.0 Å². The summed E-state index contributed by atoms with van der Waals surface area (Å²) in [6.07, 6.45) is 7.41. The molecule has 0 amide bonds. The molecule has 2 aliphatic heterocycles. The predicted molar refractivity (Wildman–Crippen MR) is 151 cm³/mol. The smallest absolute Gasteiger partial charge is 0.243 e. The lowest BCUT2D eigenvalue weighted by atomic mass is 9.75. The number of nitrogens with one attached hydrogen (secondary N) is 1. The topological polar surface area (TPSA) is 49.4 Å². The van der Waals surface area contributed by atoms with Gasteiger partial charge >= 0.3 is 0 Å². The van der Waals surface area contributed by atoms with Crippen molar-refractivity contribution < 1.29 is 8.42 Å². The summed E-state index contributed by atoms with van der Waals surface area (Å²) in [6, 6.07) is 25.5. The van der Waals surface area contributed by atoms with Crippen molar-refractivity contribution in [2.45, 2.75) is 43.0 Å². The highest BCUT2D eigenvalue weighted by atomic mass is 32.2. The molecule has 1 fully saturated rings. The van der Waals surface area contributed by atoms with E-state index >= 15 is 0 Å². The van der Waals surface area contributed by atoms with Crippen LogP contribution in [-0.4, -0.2) is 25.8 Å². The Balaban J connectivity index is 1.33. The van der Waals surface area contributed by atoms with Gasteiger partial charge < -0.3 is 5.32 Å². The van der Waals surface area contributed by atoms with Crippen molar-refractivity contribution in [2.75, 3.05) is 18.4 Å². The van der Waals surface area contributed by atoms with Crippen LogP contribution in [0.2, 0.25) is 0 Å². The molecule has 0 spiro atoms. The molecule has 0 aromatic heterocycles. The highest BCUT2D eigenvalue weighted by molar-refractivity contribution is 7.89. The molecule has 0 radical (unpaired) electrons. The largest absolute Gasteiger partial charge is 0.378 e. The number of piperidine rings is 1. The average molecular weight is 509 g/mol. The van der Waals surface area contributed by atoms with Crippen LogP contribution in [0, 0.1) is 11.8 Å². The van der Waals surface area contributed by atoms with Crippen molar-refractivity contribution in [1.29, 1.82) is 0 Å². The maximum absolute atomic E-state index is 13.5. The monoisotopic (exact) mass is 508 g/mol. The fourth-order valence-corrected chi connectivity index (χ4v) is 8.28. The summed E-state index contributed by atoms with van der Waals surface area (Å²) in [7, 11) is -3.49. The van der Waals surface area contributed by atoms with Crippen LogP contribution in [0.3, 0.4) is 0 Å². The Morgan fingerprint density at radius 1 is 0.865 bits per heavy atom. The number of anilines is 1. The van der Waals surface area contributed by atoms with Gasteiger partial charge in [-0.05, 0) is 88.0 Å². The standard InChI is InChI=1S/C32H32N2O2S/c1-21-15-17-34(18-16-21)37(35,36)24-13-14-30-29(20-24)27-11-6-12-28(27)32(33-30)31-25-9-4-2-7-22(25)19-23-8-3-5-10-26(23)31/h2-11,13-14,19-21,27-28,32-33H,12,15-18H2,1H3. The molecular weight excluding hydrogens is 476 g/mol. The highest BCUT2D eigenvalue weighted by Crippen LogP contribution is 2.52. The Bertz CT molecular complexity index is 1600. The molecule has 4 aromatic carbocycles. The molecule has 7 rings (SSSR count). The van der Waals surface area contributed by atoms with E-state index in [1.807, 2.05) is 12.1 Å². The molecule has 0 saturated carbocycles. The van der Waals surface area contributed by atoms with Crippen LogP contribution in [0.15, 0.2) is 89.8 Å². The Kier molecular flexibility index (Phi) is 5.42. The number of allylic oxidation sites excluding steroid dienone is 2. The van der Waals surface area contributed by atoms with Gasteiger partial charge in [0.2, 0.25) is 10.0 Å². The molecule has 3 unspecified atom stereocenters. The van der Waals surface area contributed by atoms with Crippen LogP contribution < -0.4 is 5.32 Å². The molecule has 1 saturated heterocycles. The first kappa shape index (κ1) is 23.0. The first-order valence-corrected chi connectivity index (χ1v) is 14.9. The van der Waals surface area contributed by atoms with Gasteiger partial charge in [0, 0.05) is 24.7 Å². The molecule has 0 bridgehead atoms. The van der Waals surface area contributed by atoms with Crippen LogP contribution in [0.1, 0.15) is 49.3 Å². The minimum absolute atomic E-state index is 0.134. The summed E-state index contributed by atoms with van der Waals surface area (Å²) in [5.74, 6) is 1.11. The third-order valence-electron chi connectivity index (χ3n) is 8.84. The number of rotatable bonds is 3. The third-order valence-corrected chi connectivity index (χ3v) is 10.7. The first-order chi connectivity index (χ1) is 18.0. The molecule has 3 atom stereocenters. The zero-order valence-electron chi connectivity index (χ0n) is 21.1. The second-order valence-electron chi connectivity index (χ2n) is 11.0. The quantitative estimate of drug-likeness (QED) is 0.234. The maximum atomic E-state index is 13.5. The highest BCUT2D eigenvalue weighted by Gasteiger charge is 2.40. The Hall–Kier alpha value is -3.15.